The summed E-state index contributed by atoms with van der Waals surface area (Å²) < 4.78 is 7.27. The Morgan fingerprint density at radius 3 is 2.81 bits per heavy atom. The molecule has 1 aliphatic rings. The number of hydrogen-bond donors (Lipinski definition) is 1. The summed E-state index contributed by atoms with van der Waals surface area (Å²) in [6.07, 6.45) is 2.98. The molecular weight excluding hydrogens is 330 g/mol. The van der Waals surface area contributed by atoms with Crippen LogP contribution in [0.15, 0.2) is 28.8 Å². The lowest BCUT2D eigenvalue weighted by atomic mass is 10.0. The lowest BCUT2D eigenvalue weighted by Crippen LogP contribution is -2.22. The zero-order valence-electron chi connectivity index (χ0n) is 14.7. The summed E-state index contributed by atoms with van der Waals surface area (Å²) in [5.74, 6) is 0.294. The molecule has 1 aliphatic heterocycles. The third kappa shape index (κ3) is 2.42. The van der Waals surface area contributed by atoms with E-state index in [9.17, 15) is 4.79 Å². The number of nitrogens with zero attached hydrogens (tertiary/aromatic N) is 4. The van der Waals surface area contributed by atoms with E-state index in [0.29, 0.717) is 18.8 Å². The molecule has 3 aromatic rings. The Bertz CT molecular complexity index is 1040. The minimum absolute atomic E-state index is 0.0366. The van der Waals surface area contributed by atoms with Crippen LogP contribution in [0.4, 0.5) is 0 Å². The third-order valence-electron chi connectivity index (χ3n) is 5.09. The second-order valence-electron chi connectivity index (χ2n) is 6.73. The summed E-state index contributed by atoms with van der Waals surface area (Å²) in [7, 11) is 0. The predicted octanol–water partition coefficient (Wildman–Crippen LogP) is 2.74. The Labute approximate surface area is 150 Å². The van der Waals surface area contributed by atoms with Crippen molar-refractivity contribution in [2.45, 2.75) is 26.3 Å². The number of aryl methyl sites for hydroxylation is 2. The molecule has 1 atom stereocenters. The summed E-state index contributed by atoms with van der Waals surface area (Å²) in [6, 6.07) is 7.89. The molecule has 1 saturated heterocycles. The third-order valence-corrected chi connectivity index (χ3v) is 5.09. The quantitative estimate of drug-likeness (QED) is 0.733. The normalized spacial score (nSPS) is 17.0. The van der Waals surface area contributed by atoms with Gasteiger partial charge < -0.3 is 19.7 Å². The molecule has 1 aromatic carbocycles. The van der Waals surface area contributed by atoms with Crippen molar-refractivity contribution in [3.05, 3.63) is 41.4 Å². The first-order chi connectivity index (χ1) is 12.5. The first kappa shape index (κ1) is 16.2. The molecule has 0 bridgehead atoms. The second kappa shape index (κ2) is 5.92. The van der Waals surface area contributed by atoms with Crippen LogP contribution in [-0.2, 0) is 0 Å². The van der Waals surface area contributed by atoms with Crippen molar-refractivity contribution in [3.8, 4) is 17.3 Å². The number of nitriles is 1. The number of likely N-dealkylation sites (tertiary alicyclic amines) is 1. The zero-order chi connectivity index (χ0) is 18.4. The summed E-state index contributed by atoms with van der Waals surface area (Å²) in [5.41, 5.74) is 9.81. The number of hydrogen-bond acceptors (Lipinski definition) is 5. The number of amides is 1. The summed E-state index contributed by atoms with van der Waals surface area (Å²) in [4.78, 5) is 13.7. The van der Waals surface area contributed by atoms with Gasteiger partial charge in [-0.25, -0.2) is 0 Å². The average molecular weight is 349 g/mol. The largest absolute Gasteiger partial charge is 0.364 e. The van der Waals surface area contributed by atoms with Crippen molar-refractivity contribution in [3.63, 3.8) is 0 Å². The smallest absolute Gasteiger partial charge is 0.265 e. The second-order valence-corrected chi connectivity index (χ2v) is 6.73. The molecule has 0 spiro atoms. The van der Waals surface area contributed by atoms with E-state index in [1.807, 2.05) is 42.7 Å². The van der Waals surface area contributed by atoms with Crippen molar-refractivity contribution < 1.29 is 9.32 Å². The lowest BCUT2D eigenvalue weighted by molar-refractivity contribution is 0.0990. The molecule has 1 amide bonds. The topological polar surface area (TPSA) is 101 Å². The molecular formula is C19H19N5O2. The minimum Gasteiger partial charge on any atom is -0.364 e. The van der Waals surface area contributed by atoms with Crippen LogP contribution in [-0.4, -0.2) is 33.6 Å². The SMILES string of the molecule is Cc1noc(C)c1-c1ccc2cc(C(N)=O)n([C@@H]3CCN(C#N)C3)c2c1. The van der Waals surface area contributed by atoms with Gasteiger partial charge >= 0.3 is 0 Å². The van der Waals surface area contributed by atoms with Gasteiger partial charge in [-0.3, -0.25) is 4.79 Å². The first-order valence-electron chi connectivity index (χ1n) is 8.52. The van der Waals surface area contributed by atoms with E-state index in [2.05, 4.69) is 11.3 Å². The summed E-state index contributed by atoms with van der Waals surface area (Å²) >= 11 is 0. The molecule has 7 nitrogen and oxygen atoms in total. The Morgan fingerprint density at radius 1 is 1.38 bits per heavy atom. The van der Waals surface area contributed by atoms with Gasteiger partial charge in [-0.05, 0) is 38.0 Å². The number of fused-ring (bicyclic) bond motifs is 1. The molecule has 7 heteroatoms. The monoisotopic (exact) mass is 349 g/mol. The van der Waals surface area contributed by atoms with E-state index < -0.39 is 5.91 Å². The zero-order valence-corrected chi connectivity index (χ0v) is 14.7. The fourth-order valence-electron chi connectivity index (χ4n) is 3.90. The Hall–Kier alpha value is -3.27. The Balaban J connectivity index is 1.91. The van der Waals surface area contributed by atoms with Gasteiger partial charge in [0.1, 0.15) is 11.5 Å². The molecule has 2 aromatic heterocycles. The number of primary amides is 1. The van der Waals surface area contributed by atoms with Crippen LogP contribution in [0, 0.1) is 25.3 Å². The van der Waals surface area contributed by atoms with Crippen LogP contribution in [0.5, 0.6) is 0 Å². The Kier molecular flexibility index (Phi) is 3.69. The fraction of sp³-hybridized carbons (Fsp3) is 0.316. The van der Waals surface area contributed by atoms with Gasteiger partial charge in [-0.1, -0.05) is 17.3 Å². The first-order valence-corrected chi connectivity index (χ1v) is 8.52. The predicted molar refractivity (Wildman–Crippen MR) is 96.3 cm³/mol. The van der Waals surface area contributed by atoms with Crippen LogP contribution >= 0.6 is 0 Å². The van der Waals surface area contributed by atoms with Gasteiger partial charge in [0.25, 0.3) is 5.91 Å². The fourth-order valence-corrected chi connectivity index (χ4v) is 3.90. The molecule has 1 fully saturated rings. The number of aromatic nitrogens is 2. The van der Waals surface area contributed by atoms with Crippen molar-refractivity contribution in [2.24, 2.45) is 5.73 Å². The highest BCUT2D eigenvalue weighted by molar-refractivity contribution is 5.99. The highest BCUT2D eigenvalue weighted by atomic mass is 16.5. The van der Waals surface area contributed by atoms with Gasteiger partial charge in [0, 0.05) is 29.6 Å². The maximum absolute atomic E-state index is 12.0. The highest BCUT2D eigenvalue weighted by Gasteiger charge is 2.28. The molecule has 0 saturated carbocycles. The molecule has 0 aliphatic carbocycles. The van der Waals surface area contributed by atoms with Crippen molar-refractivity contribution >= 4 is 16.8 Å². The molecule has 2 N–H and O–H groups in total. The number of carbonyl (C=O) groups excluding carboxylic acids is 1. The Morgan fingerprint density at radius 2 is 2.19 bits per heavy atom. The van der Waals surface area contributed by atoms with Crippen molar-refractivity contribution in [1.82, 2.24) is 14.6 Å². The molecule has 4 rings (SSSR count). The van der Waals surface area contributed by atoms with E-state index in [-0.39, 0.29) is 6.04 Å². The number of benzene rings is 1. The van der Waals surface area contributed by atoms with E-state index in [0.717, 1.165) is 39.9 Å². The van der Waals surface area contributed by atoms with Gasteiger partial charge in [-0.15, -0.1) is 0 Å². The molecule has 3 heterocycles. The maximum atomic E-state index is 12.0. The van der Waals surface area contributed by atoms with E-state index >= 15 is 0 Å². The molecule has 0 unspecified atom stereocenters. The van der Waals surface area contributed by atoms with Crippen molar-refractivity contribution in [1.29, 1.82) is 5.26 Å². The molecule has 0 radical (unpaired) electrons. The van der Waals surface area contributed by atoms with E-state index in [1.54, 1.807) is 4.90 Å². The van der Waals surface area contributed by atoms with E-state index in [1.165, 1.54) is 0 Å². The van der Waals surface area contributed by atoms with Gasteiger partial charge in [0.2, 0.25) is 0 Å². The number of rotatable bonds is 3. The van der Waals surface area contributed by atoms with Gasteiger partial charge in [-0.2, -0.15) is 5.26 Å². The van der Waals surface area contributed by atoms with Gasteiger partial charge in [0.05, 0.1) is 11.7 Å². The van der Waals surface area contributed by atoms with Gasteiger partial charge in [0.15, 0.2) is 6.19 Å². The maximum Gasteiger partial charge on any atom is 0.265 e. The van der Waals surface area contributed by atoms with Crippen LogP contribution in [0.2, 0.25) is 0 Å². The molecule has 26 heavy (non-hydrogen) atoms. The van der Waals surface area contributed by atoms with Crippen LogP contribution in [0.25, 0.3) is 22.0 Å². The van der Waals surface area contributed by atoms with Crippen LogP contribution in [0.3, 0.4) is 0 Å². The van der Waals surface area contributed by atoms with Crippen molar-refractivity contribution in [2.75, 3.05) is 13.1 Å². The molecule has 132 valence electrons. The lowest BCUT2D eigenvalue weighted by Gasteiger charge is -2.17. The van der Waals surface area contributed by atoms with Crippen LogP contribution in [0.1, 0.15) is 34.4 Å². The highest BCUT2D eigenvalue weighted by Crippen LogP contribution is 2.34. The minimum atomic E-state index is -0.463. The number of carbonyl (C=O) groups is 1. The average Bonchev–Trinajstić information content (AvgIpc) is 3.31. The van der Waals surface area contributed by atoms with Crippen LogP contribution < -0.4 is 5.73 Å². The number of nitrogens with two attached hydrogens (primary N) is 1. The summed E-state index contributed by atoms with van der Waals surface area (Å²) in [6.45, 7) is 5.06. The standard InChI is InChI=1S/C19H19N5O2/c1-11-18(12(2)26-22-11)14-4-3-13-7-17(19(21)25)24(16(13)8-14)15-5-6-23(9-15)10-20/h3-4,7-8,15H,5-6,9H2,1-2H3,(H2,21,25)/t15-/m1/s1. The van der Waals surface area contributed by atoms with E-state index in [4.69, 9.17) is 15.5 Å². The summed E-state index contributed by atoms with van der Waals surface area (Å²) in [5, 5.41) is 14.1.